The van der Waals surface area contributed by atoms with Crippen LogP contribution in [0.15, 0.2) is 34.1 Å². The maximum Gasteiger partial charge on any atom is 0.338 e. The lowest BCUT2D eigenvalue weighted by molar-refractivity contribution is 0.0500. The Morgan fingerprint density at radius 1 is 1.34 bits per heavy atom. The Labute approximate surface area is 169 Å². The Balaban J connectivity index is 1.72. The molecule has 1 N–H and O–H groups in total. The third-order valence-electron chi connectivity index (χ3n) is 4.89. The molecule has 0 radical (unpaired) electrons. The largest absolute Gasteiger partial charge is 0.462 e. The summed E-state index contributed by atoms with van der Waals surface area (Å²) in [7, 11) is -3.09. The van der Waals surface area contributed by atoms with Crippen LogP contribution in [0, 0.1) is 6.92 Å². The van der Waals surface area contributed by atoms with E-state index in [1.807, 2.05) is 6.92 Å². The number of hydrogen-bond acceptors (Lipinski definition) is 6. The Bertz CT molecular complexity index is 1060. The van der Waals surface area contributed by atoms with Gasteiger partial charge in [-0.05, 0) is 44.0 Å². The van der Waals surface area contributed by atoms with Crippen LogP contribution in [0.25, 0.3) is 0 Å². The van der Waals surface area contributed by atoms with Crippen molar-refractivity contribution in [2.75, 3.05) is 18.1 Å². The number of hydrogen-bond donors (Lipinski definition) is 1. The zero-order valence-electron chi connectivity index (χ0n) is 16.6. The minimum absolute atomic E-state index is 0.0285. The lowest BCUT2D eigenvalue weighted by Gasteiger charge is -2.07. The summed E-state index contributed by atoms with van der Waals surface area (Å²) in [5.41, 5.74) is 1.76. The number of aliphatic imine (C=N–C) groups is 1. The van der Waals surface area contributed by atoms with Crippen molar-refractivity contribution in [2.45, 2.75) is 39.2 Å². The molecule has 1 atom stereocenters. The second-order valence-electron chi connectivity index (χ2n) is 7.18. The molecular weight excluding hydrogens is 394 g/mol. The number of aryl methyl sites for hydroxylation is 1. The second-order valence-corrected chi connectivity index (χ2v) is 9.41. The lowest BCUT2D eigenvalue weighted by Crippen LogP contribution is -2.25. The zero-order chi connectivity index (χ0) is 21.0. The van der Waals surface area contributed by atoms with E-state index < -0.39 is 9.84 Å². The number of nitrogens with one attached hydrogen (secondary N) is 1. The molecular formula is C20H25N3O5S. The van der Waals surface area contributed by atoms with Gasteiger partial charge in [0.25, 0.3) is 5.56 Å². The van der Waals surface area contributed by atoms with Crippen LogP contribution in [0.3, 0.4) is 0 Å². The Hall–Kier alpha value is -2.68. The van der Waals surface area contributed by atoms with Crippen molar-refractivity contribution in [3.8, 4) is 0 Å². The normalized spacial score (nSPS) is 18.3. The summed E-state index contributed by atoms with van der Waals surface area (Å²) in [5, 5.41) is 2.96. The highest BCUT2D eigenvalue weighted by Gasteiger charge is 2.31. The number of nitrogens with zero attached hydrogens (tertiary/aromatic N) is 2. The Morgan fingerprint density at radius 2 is 2.07 bits per heavy atom. The van der Waals surface area contributed by atoms with Gasteiger partial charge >= 0.3 is 5.97 Å². The molecule has 1 aliphatic rings. The van der Waals surface area contributed by atoms with E-state index in [2.05, 4.69) is 10.1 Å². The molecule has 0 saturated carbocycles. The first kappa shape index (κ1) is 21.0. The number of aromatic nitrogens is 2. The van der Waals surface area contributed by atoms with Gasteiger partial charge in [0.1, 0.15) is 0 Å². The standard InChI is InChI=1S/C20H25N3O5S/c1-3-4-10-28-20(25)15-5-7-16(8-6-15)21-12-18-14(2)22-23(19(18)24)17-9-11-29(26,27)13-17/h5-8,12,17,22H,3-4,9-11,13H2,1-2H3/t17-/m0/s1. The molecule has 0 amide bonds. The minimum Gasteiger partial charge on any atom is -0.462 e. The first-order valence-electron chi connectivity index (χ1n) is 9.63. The highest BCUT2D eigenvalue weighted by molar-refractivity contribution is 7.91. The first-order chi connectivity index (χ1) is 13.8. The Kier molecular flexibility index (Phi) is 6.36. The monoisotopic (exact) mass is 419 g/mol. The fraction of sp³-hybridized carbons (Fsp3) is 0.450. The van der Waals surface area contributed by atoms with Crippen molar-refractivity contribution in [1.29, 1.82) is 0 Å². The highest BCUT2D eigenvalue weighted by atomic mass is 32.2. The van der Waals surface area contributed by atoms with Crippen LogP contribution < -0.4 is 5.56 Å². The van der Waals surface area contributed by atoms with E-state index in [4.69, 9.17) is 4.74 Å². The molecule has 1 aliphatic heterocycles. The molecule has 1 saturated heterocycles. The number of H-pyrrole nitrogens is 1. The van der Waals surface area contributed by atoms with Gasteiger partial charge in [0, 0.05) is 11.9 Å². The van der Waals surface area contributed by atoms with Gasteiger partial charge in [-0.25, -0.2) is 17.9 Å². The van der Waals surface area contributed by atoms with E-state index in [0.717, 1.165) is 12.8 Å². The molecule has 0 spiro atoms. The van der Waals surface area contributed by atoms with Gasteiger partial charge in [-0.3, -0.25) is 14.9 Å². The van der Waals surface area contributed by atoms with Gasteiger partial charge in [-0.15, -0.1) is 0 Å². The van der Waals surface area contributed by atoms with Gasteiger partial charge in [0.15, 0.2) is 9.84 Å². The van der Waals surface area contributed by atoms with E-state index in [0.29, 0.717) is 35.5 Å². The molecule has 1 aromatic heterocycles. The lowest BCUT2D eigenvalue weighted by atomic mass is 10.2. The molecule has 29 heavy (non-hydrogen) atoms. The number of ether oxygens (including phenoxy) is 1. The summed E-state index contributed by atoms with van der Waals surface area (Å²) in [6, 6.07) is 6.25. The summed E-state index contributed by atoms with van der Waals surface area (Å²) in [6.07, 6.45) is 3.67. The van der Waals surface area contributed by atoms with E-state index in [1.165, 1.54) is 10.9 Å². The average Bonchev–Trinajstić information content (AvgIpc) is 3.19. The van der Waals surface area contributed by atoms with Crippen LogP contribution in [0.2, 0.25) is 0 Å². The maximum absolute atomic E-state index is 12.7. The number of rotatable bonds is 7. The molecule has 0 bridgehead atoms. The fourth-order valence-electron chi connectivity index (χ4n) is 3.19. The molecule has 3 rings (SSSR count). The molecule has 156 valence electrons. The molecule has 0 aliphatic carbocycles. The number of unbranched alkanes of at least 4 members (excludes halogenated alkanes) is 1. The average molecular weight is 420 g/mol. The van der Waals surface area contributed by atoms with E-state index in [-0.39, 0.29) is 29.1 Å². The third-order valence-corrected chi connectivity index (χ3v) is 6.64. The fourth-order valence-corrected chi connectivity index (χ4v) is 4.89. The van der Waals surface area contributed by atoms with Crippen molar-refractivity contribution in [2.24, 2.45) is 4.99 Å². The minimum atomic E-state index is -3.09. The van der Waals surface area contributed by atoms with Gasteiger partial charge in [0.2, 0.25) is 0 Å². The number of carbonyl (C=O) groups is 1. The van der Waals surface area contributed by atoms with Crippen LogP contribution in [-0.4, -0.2) is 48.5 Å². The SMILES string of the molecule is CCCCOC(=O)c1ccc(N=Cc2c(C)[nH]n([C@H]3CCS(=O)(=O)C3)c2=O)cc1. The molecule has 9 heteroatoms. The molecule has 2 heterocycles. The number of sulfone groups is 1. The van der Waals surface area contributed by atoms with Crippen molar-refractivity contribution in [3.05, 3.63) is 51.4 Å². The molecule has 0 unspecified atom stereocenters. The number of esters is 1. The van der Waals surface area contributed by atoms with Crippen molar-refractivity contribution < 1.29 is 17.9 Å². The van der Waals surface area contributed by atoms with Crippen LogP contribution in [0.5, 0.6) is 0 Å². The zero-order valence-corrected chi connectivity index (χ0v) is 17.4. The van der Waals surface area contributed by atoms with Gasteiger partial charge in [-0.1, -0.05) is 13.3 Å². The third kappa shape index (κ3) is 5.03. The smallest absolute Gasteiger partial charge is 0.338 e. The maximum atomic E-state index is 12.7. The predicted octanol–water partition coefficient (Wildman–Crippen LogP) is 2.55. The Morgan fingerprint density at radius 3 is 2.69 bits per heavy atom. The summed E-state index contributed by atoms with van der Waals surface area (Å²) in [4.78, 5) is 28.9. The van der Waals surface area contributed by atoms with Crippen LogP contribution in [0.1, 0.15) is 53.8 Å². The second kappa shape index (κ2) is 8.77. The topological polar surface area (TPSA) is 111 Å². The van der Waals surface area contributed by atoms with E-state index in [9.17, 15) is 18.0 Å². The van der Waals surface area contributed by atoms with E-state index >= 15 is 0 Å². The quantitative estimate of drug-likeness (QED) is 0.421. The van der Waals surface area contributed by atoms with Gasteiger partial charge < -0.3 is 4.74 Å². The molecule has 8 nitrogen and oxygen atoms in total. The summed E-state index contributed by atoms with van der Waals surface area (Å²) < 4.78 is 29.9. The van der Waals surface area contributed by atoms with Crippen molar-refractivity contribution in [3.63, 3.8) is 0 Å². The van der Waals surface area contributed by atoms with Gasteiger partial charge in [-0.2, -0.15) is 0 Å². The van der Waals surface area contributed by atoms with Crippen LogP contribution >= 0.6 is 0 Å². The highest BCUT2D eigenvalue weighted by Crippen LogP contribution is 2.22. The summed E-state index contributed by atoms with van der Waals surface area (Å²) in [5.74, 6) is -0.303. The number of aromatic amines is 1. The first-order valence-corrected chi connectivity index (χ1v) is 11.5. The number of carbonyl (C=O) groups excluding carboxylic acids is 1. The van der Waals surface area contributed by atoms with Crippen molar-refractivity contribution in [1.82, 2.24) is 9.78 Å². The summed E-state index contributed by atoms with van der Waals surface area (Å²) in [6.45, 7) is 4.17. The van der Waals surface area contributed by atoms with E-state index in [1.54, 1.807) is 31.2 Å². The van der Waals surface area contributed by atoms with Gasteiger partial charge in [0.05, 0.1) is 41.0 Å². The summed E-state index contributed by atoms with van der Waals surface area (Å²) >= 11 is 0. The predicted molar refractivity (Wildman–Crippen MR) is 111 cm³/mol. The van der Waals surface area contributed by atoms with Crippen molar-refractivity contribution >= 4 is 27.7 Å². The molecule has 2 aromatic rings. The molecule has 1 fully saturated rings. The number of benzene rings is 1. The van der Waals surface area contributed by atoms with Crippen LogP contribution in [0.4, 0.5) is 5.69 Å². The molecule has 1 aromatic carbocycles. The van der Waals surface area contributed by atoms with Crippen LogP contribution in [-0.2, 0) is 14.6 Å².